The van der Waals surface area contributed by atoms with Gasteiger partial charge in [-0.05, 0) is 31.8 Å². The molecule has 1 aliphatic heterocycles. The van der Waals surface area contributed by atoms with Crippen molar-refractivity contribution >= 4 is 11.5 Å². The summed E-state index contributed by atoms with van der Waals surface area (Å²) < 4.78 is 1.39. The first kappa shape index (κ1) is 14.1. The van der Waals surface area contributed by atoms with Gasteiger partial charge < -0.3 is 10.2 Å². The maximum atomic E-state index is 11.4. The predicted molar refractivity (Wildman–Crippen MR) is 81.6 cm³/mol. The Labute approximate surface area is 123 Å². The van der Waals surface area contributed by atoms with Crippen molar-refractivity contribution in [3.8, 4) is 0 Å². The lowest BCUT2D eigenvalue weighted by Crippen LogP contribution is -2.35. The minimum atomic E-state index is -0.262. The van der Waals surface area contributed by atoms with E-state index in [9.17, 15) is 4.79 Å². The Morgan fingerprint density at radius 2 is 2.19 bits per heavy atom. The molecule has 0 radical (unpaired) electrons. The van der Waals surface area contributed by atoms with Crippen molar-refractivity contribution in [2.45, 2.75) is 26.2 Å². The zero-order chi connectivity index (χ0) is 14.7. The first-order valence-corrected chi connectivity index (χ1v) is 7.61. The number of likely N-dealkylation sites (tertiary alicyclic amines) is 1. The molecule has 2 aromatic heterocycles. The Balaban J connectivity index is 1.54. The SMILES string of the molecule is CC(CNc1cc2n[nH]c(=O)n2cn1)CN1CCCCC1. The van der Waals surface area contributed by atoms with E-state index < -0.39 is 0 Å². The van der Waals surface area contributed by atoms with E-state index in [2.05, 4.69) is 32.3 Å². The molecule has 0 saturated carbocycles. The number of rotatable bonds is 5. The van der Waals surface area contributed by atoms with Crippen LogP contribution in [0.5, 0.6) is 0 Å². The van der Waals surface area contributed by atoms with Crippen LogP contribution in [0.1, 0.15) is 26.2 Å². The molecule has 3 heterocycles. The van der Waals surface area contributed by atoms with Gasteiger partial charge in [-0.2, -0.15) is 5.10 Å². The van der Waals surface area contributed by atoms with Crippen LogP contribution in [-0.2, 0) is 0 Å². The van der Waals surface area contributed by atoms with E-state index in [4.69, 9.17) is 0 Å². The van der Waals surface area contributed by atoms with Gasteiger partial charge in [-0.1, -0.05) is 13.3 Å². The van der Waals surface area contributed by atoms with Crippen LogP contribution in [0, 0.1) is 5.92 Å². The maximum Gasteiger partial charge on any atom is 0.348 e. The fraction of sp³-hybridized carbons (Fsp3) is 0.643. The van der Waals surface area contributed by atoms with E-state index >= 15 is 0 Å². The molecule has 1 atom stereocenters. The molecule has 2 N–H and O–H groups in total. The number of nitrogens with zero attached hydrogens (tertiary/aromatic N) is 4. The van der Waals surface area contributed by atoms with Gasteiger partial charge in [-0.25, -0.2) is 19.3 Å². The van der Waals surface area contributed by atoms with Gasteiger partial charge in [0.1, 0.15) is 12.1 Å². The van der Waals surface area contributed by atoms with Gasteiger partial charge in [0.15, 0.2) is 5.65 Å². The second-order valence-electron chi connectivity index (χ2n) is 5.88. The van der Waals surface area contributed by atoms with E-state index in [0.29, 0.717) is 11.6 Å². The summed E-state index contributed by atoms with van der Waals surface area (Å²) in [7, 11) is 0. The zero-order valence-corrected chi connectivity index (χ0v) is 12.4. The Morgan fingerprint density at radius 3 is 3.00 bits per heavy atom. The minimum absolute atomic E-state index is 0.262. The van der Waals surface area contributed by atoms with Crippen molar-refractivity contribution in [2.24, 2.45) is 5.92 Å². The number of anilines is 1. The van der Waals surface area contributed by atoms with Gasteiger partial charge in [0.2, 0.25) is 0 Å². The Bertz CT molecular complexity index is 642. The van der Waals surface area contributed by atoms with Crippen LogP contribution in [0.2, 0.25) is 0 Å². The van der Waals surface area contributed by atoms with Gasteiger partial charge in [0, 0.05) is 19.2 Å². The summed E-state index contributed by atoms with van der Waals surface area (Å²) in [5, 5.41) is 9.67. The monoisotopic (exact) mass is 290 g/mol. The molecule has 0 bridgehead atoms. The van der Waals surface area contributed by atoms with Crippen LogP contribution in [0.15, 0.2) is 17.2 Å². The highest BCUT2D eigenvalue weighted by Crippen LogP contribution is 2.12. The normalized spacial score (nSPS) is 18.0. The third-order valence-corrected chi connectivity index (χ3v) is 3.96. The average molecular weight is 290 g/mol. The average Bonchev–Trinajstić information content (AvgIpc) is 2.87. The van der Waals surface area contributed by atoms with Gasteiger partial charge in [0.25, 0.3) is 0 Å². The molecule has 0 spiro atoms. The summed E-state index contributed by atoms with van der Waals surface area (Å²) in [4.78, 5) is 18.1. The molecule has 2 aromatic rings. The number of aromatic amines is 1. The second-order valence-corrected chi connectivity index (χ2v) is 5.88. The molecular formula is C14H22N6O. The molecular weight excluding hydrogens is 268 g/mol. The summed E-state index contributed by atoms with van der Waals surface area (Å²) in [6.07, 6.45) is 5.52. The highest BCUT2D eigenvalue weighted by molar-refractivity contribution is 5.48. The standard InChI is InChI=1S/C14H22N6O/c1-11(9-19-5-3-2-4-6-19)8-15-12-7-13-17-18-14(21)20(13)10-16-12/h7,10-11,15H,2-6,8-9H2,1H3,(H,18,21). The van der Waals surface area contributed by atoms with Gasteiger partial charge in [0.05, 0.1) is 0 Å². The van der Waals surface area contributed by atoms with Gasteiger partial charge in [-0.3, -0.25) is 0 Å². The summed E-state index contributed by atoms with van der Waals surface area (Å²) in [5.74, 6) is 1.31. The summed E-state index contributed by atoms with van der Waals surface area (Å²) in [5.41, 5.74) is 0.323. The van der Waals surface area contributed by atoms with Crippen molar-refractivity contribution in [3.63, 3.8) is 0 Å². The van der Waals surface area contributed by atoms with Crippen LogP contribution in [0.25, 0.3) is 5.65 Å². The van der Waals surface area contributed by atoms with Crippen molar-refractivity contribution in [2.75, 3.05) is 31.5 Å². The molecule has 0 amide bonds. The Morgan fingerprint density at radius 1 is 1.38 bits per heavy atom. The molecule has 114 valence electrons. The molecule has 1 fully saturated rings. The Kier molecular flexibility index (Phi) is 4.19. The van der Waals surface area contributed by atoms with Crippen molar-refractivity contribution in [3.05, 3.63) is 22.9 Å². The predicted octanol–water partition coefficient (Wildman–Crippen LogP) is 0.951. The van der Waals surface area contributed by atoms with Crippen molar-refractivity contribution < 1.29 is 0 Å². The second kappa shape index (κ2) is 6.26. The first-order valence-electron chi connectivity index (χ1n) is 7.61. The number of nitrogens with one attached hydrogen (secondary N) is 2. The molecule has 7 nitrogen and oxygen atoms in total. The third kappa shape index (κ3) is 3.41. The van der Waals surface area contributed by atoms with Crippen molar-refractivity contribution in [1.29, 1.82) is 0 Å². The molecule has 1 aliphatic rings. The lowest BCUT2D eigenvalue weighted by Gasteiger charge is -2.29. The van der Waals surface area contributed by atoms with E-state index in [1.54, 1.807) is 6.07 Å². The zero-order valence-electron chi connectivity index (χ0n) is 12.4. The quantitative estimate of drug-likeness (QED) is 0.857. The number of hydrogen-bond acceptors (Lipinski definition) is 5. The van der Waals surface area contributed by atoms with Gasteiger partial charge >= 0.3 is 5.69 Å². The molecule has 0 aliphatic carbocycles. The highest BCUT2D eigenvalue weighted by atomic mass is 16.1. The van der Waals surface area contributed by atoms with E-state index in [0.717, 1.165) is 18.9 Å². The summed E-state index contributed by atoms with van der Waals surface area (Å²) in [6.45, 7) is 6.69. The highest BCUT2D eigenvalue weighted by Gasteiger charge is 2.13. The third-order valence-electron chi connectivity index (χ3n) is 3.96. The van der Waals surface area contributed by atoms with Crippen molar-refractivity contribution in [1.82, 2.24) is 24.5 Å². The fourth-order valence-electron chi connectivity index (χ4n) is 2.83. The lowest BCUT2D eigenvalue weighted by molar-refractivity contribution is 0.204. The molecule has 1 saturated heterocycles. The number of fused-ring (bicyclic) bond motifs is 1. The van der Waals surface area contributed by atoms with E-state index in [1.165, 1.54) is 43.1 Å². The summed E-state index contributed by atoms with van der Waals surface area (Å²) >= 11 is 0. The topological polar surface area (TPSA) is 78.3 Å². The molecule has 1 unspecified atom stereocenters. The molecule has 0 aromatic carbocycles. The number of H-pyrrole nitrogens is 1. The van der Waals surface area contributed by atoms with E-state index in [-0.39, 0.29) is 5.69 Å². The summed E-state index contributed by atoms with van der Waals surface area (Å²) in [6, 6.07) is 1.78. The van der Waals surface area contributed by atoms with Crippen LogP contribution in [0.4, 0.5) is 5.82 Å². The number of piperidine rings is 1. The maximum absolute atomic E-state index is 11.4. The van der Waals surface area contributed by atoms with E-state index in [1.807, 2.05) is 0 Å². The first-order chi connectivity index (χ1) is 10.2. The molecule has 21 heavy (non-hydrogen) atoms. The Hall–Kier alpha value is -1.89. The minimum Gasteiger partial charge on any atom is -0.370 e. The molecule has 7 heteroatoms. The van der Waals surface area contributed by atoms with Crippen LogP contribution in [0.3, 0.4) is 0 Å². The number of hydrogen-bond donors (Lipinski definition) is 2. The van der Waals surface area contributed by atoms with Crippen LogP contribution in [-0.4, -0.2) is 50.7 Å². The lowest BCUT2D eigenvalue weighted by atomic mass is 10.1. The van der Waals surface area contributed by atoms with Crippen LogP contribution >= 0.6 is 0 Å². The van der Waals surface area contributed by atoms with Gasteiger partial charge in [-0.15, -0.1) is 0 Å². The molecule has 3 rings (SSSR count). The number of aromatic nitrogens is 4. The van der Waals surface area contributed by atoms with Crippen LogP contribution < -0.4 is 11.0 Å². The largest absolute Gasteiger partial charge is 0.370 e. The fourth-order valence-corrected chi connectivity index (χ4v) is 2.83. The smallest absolute Gasteiger partial charge is 0.348 e.